The highest BCUT2D eigenvalue weighted by Gasteiger charge is 2.48. The molecule has 0 bridgehead atoms. The number of quaternary nitrogens is 1. The minimum atomic E-state index is -0.621. The molecule has 182 valence electrons. The Balaban J connectivity index is 6.19. The fourth-order valence-corrected chi connectivity index (χ4v) is 4.07. The first-order valence-electron chi connectivity index (χ1n) is 11.6. The molecule has 3 unspecified atom stereocenters. The van der Waals surface area contributed by atoms with Crippen molar-refractivity contribution in [3.63, 3.8) is 0 Å². The number of carbonyl (C=O) groups excluding carboxylic acids is 3. The maximum absolute atomic E-state index is 13.9. The number of hydrogen-bond acceptors (Lipinski definition) is 4. The van der Waals surface area contributed by atoms with Crippen molar-refractivity contribution in [1.29, 1.82) is 0 Å². The van der Waals surface area contributed by atoms with E-state index in [1.807, 2.05) is 55.6 Å². The maximum atomic E-state index is 13.9. The molecule has 0 saturated heterocycles. The zero-order chi connectivity index (χ0) is 24.8. The van der Waals surface area contributed by atoms with Gasteiger partial charge in [-0.05, 0) is 38.6 Å². The van der Waals surface area contributed by atoms with Gasteiger partial charge in [0.2, 0.25) is 5.91 Å². The van der Waals surface area contributed by atoms with E-state index in [0.29, 0.717) is 6.42 Å². The molecule has 0 aromatic heterocycles. The Labute approximate surface area is 191 Å². The number of likely N-dealkylation sites (N-methyl/N-ethyl adjacent to an activating group) is 4. The molecule has 0 aliphatic carbocycles. The molecule has 0 aromatic rings. The van der Waals surface area contributed by atoms with Gasteiger partial charge in [0, 0.05) is 26.6 Å². The quantitative estimate of drug-likeness (QED) is 0.501. The molecule has 31 heavy (non-hydrogen) atoms. The minimum absolute atomic E-state index is 0.0335. The summed E-state index contributed by atoms with van der Waals surface area (Å²) in [4.78, 5) is 43.8. The van der Waals surface area contributed by atoms with Crippen molar-refractivity contribution >= 4 is 17.7 Å². The second-order valence-corrected chi connectivity index (χ2v) is 10.7. The molecule has 0 heterocycles. The van der Waals surface area contributed by atoms with Crippen LogP contribution in [0.15, 0.2) is 0 Å². The van der Waals surface area contributed by atoms with Crippen LogP contribution < -0.4 is 5.32 Å². The molecule has 0 spiro atoms. The van der Waals surface area contributed by atoms with E-state index in [0.717, 1.165) is 0 Å². The highest BCUT2D eigenvalue weighted by molar-refractivity contribution is 5.89. The molecule has 0 rings (SSSR count). The van der Waals surface area contributed by atoms with Gasteiger partial charge in [-0.15, -0.1) is 0 Å². The van der Waals surface area contributed by atoms with Crippen LogP contribution in [0, 0.1) is 17.8 Å². The van der Waals surface area contributed by atoms with Crippen LogP contribution in [0.3, 0.4) is 0 Å². The standard InChI is InChI=1S/C24H49N4O3/c1-15(2)14-19(22(29)26(10)18(7)8)28(12,13)24(31)21(17(5)6)27(11)23(30)20(25-9)16(3)4/h15-21,25H,14H2,1-13H3/q+1. The van der Waals surface area contributed by atoms with Gasteiger partial charge in [0.1, 0.15) is 6.04 Å². The first-order valence-corrected chi connectivity index (χ1v) is 11.6. The van der Waals surface area contributed by atoms with E-state index < -0.39 is 12.1 Å². The first-order chi connectivity index (χ1) is 14.0. The second kappa shape index (κ2) is 12.0. The van der Waals surface area contributed by atoms with Crippen molar-refractivity contribution in [2.24, 2.45) is 17.8 Å². The molecule has 0 aliphatic heterocycles. The van der Waals surface area contributed by atoms with Crippen LogP contribution >= 0.6 is 0 Å². The smallest absolute Gasteiger partial charge is 0.336 e. The summed E-state index contributed by atoms with van der Waals surface area (Å²) >= 11 is 0. The van der Waals surface area contributed by atoms with Gasteiger partial charge < -0.3 is 15.1 Å². The topological polar surface area (TPSA) is 69.7 Å². The van der Waals surface area contributed by atoms with Crippen molar-refractivity contribution in [2.45, 2.75) is 86.0 Å². The van der Waals surface area contributed by atoms with E-state index in [9.17, 15) is 14.4 Å². The lowest BCUT2D eigenvalue weighted by molar-refractivity contribution is -0.833. The molecule has 0 aromatic carbocycles. The molecule has 7 nitrogen and oxygen atoms in total. The average Bonchev–Trinajstić information content (AvgIpc) is 2.64. The van der Waals surface area contributed by atoms with Crippen LogP contribution in [-0.2, 0) is 14.4 Å². The van der Waals surface area contributed by atoms with Crippen molar-refractivity contribution in [2.75, 3.05) is 35.2 Å². The van der Waals surface area contributed by atoms with Gasteiger partial charge in [-0.1, -0.05) is 41.5 Å². The third kappa shape index (κ3) is 7.28. The molecule has 1 N–H and O–H groups in total. The molecular formula is C24H49N4O3+. The summed E-state index contributed by atoms with van der Waals surface area (Å²) in [6, 6.07) is -1.45. The number of hydrogen-bond donors (Lipinski definition) is 1. The highest BCUT2D eigenvalue weighted by Crippen LogP contribution is 2.25. The van der Waals surface area contributed by atoms with Crippen LogP contribution in [-0.4, -0.2) is 91.4 Å². The van der Waals surface area contributed by atoms with Gasteiger partial charge in [-0.3, -0.25) is 14.1 Å². The summed E-state index contributed by atoms with van der Waals surface area (Å²) in [7, 11) is 8.89. The predicted octanol–water partition coefficient (Wildman–Crippen LogP) is 2.60. The summed E-state index contributed by atoms with van der Waals surface area (Å²) in [5, 5.41) is 3.08. The molecule has 3 amide bonds. The number of amides is 3. The van der Waals surface area contributed by atoms with Crippen LogP contribution in [0.4, 0.5) is 0 Å². The molecule has 0 aliphatic rings. The van der Waals surface area contributed by atoms with Crippen LogP contribution in [0.25, 0.3) is 0 Å². The molecule has 7 heteroatoms. The Morgan fingerprint density at radius 3 is 1.61 bits per heavy atom. The lowest BCUT2D eigenvalue weighted by atomic mass is 9.94. The summed E-state index contributed by atoms with van der Waals surface area (Å²) in [5.74, 6) is 0.0256. The second-order valence-electron chi connectivity index (χ2n) is 10.7. The Morgan fingerprint density at radius 1 is 0.806 bits per heavy atom. The molecule has 0 radical (unpaired) electrons. The minimum Gasteiger partial charge on any atom is -0.338 e. The Hall–Kier alpha value is -1.47. The zero-order valence-corrected chi connectivity index (χ0v) is 22.3. The molecular weight excluding hydrogens is 392 g/mol. The van der Waals surface area contributed by atoms with E-state index >= 15 is 0 Å². The van der Waals surface area contributed by atoms with Gasteiger partial charge in [-0.2, -0.15) is 0 Å². The zero-order valence-electron chi connectivity index (χ0n) is 22.3. The summed E-state index contributed by atoms with van der Waals surface area (Å²) in [5.41, 5.74) is 0. The highest BCUT2D eigenvalue weighted by atomic mass is 16.2. The van der Waals surface area contributed by atoms with E-state index in [2.05, 4.69) is 19.2 Å². The fourth-order valence-electron chi connectivity index (χ4n) is 4.07. The van der Waals surface area contributed by atoms with E-state index in [1.54, 1.807) is 30.9 Å². The van der Waals surface area contributed by atoms with Crippen molar-refractivity contribution in [3.05, 3.63) is 0 Å². The van der Waals surface area contributed by atoms with Crippen LogP contribution in [0.2, 0.25) is 0 Å². The van der Waals surface area contributed by atoms with Gasteiger partial charge in [0.05, 0.1) is 20.1 Å². The van der Waals surface area contributed by atoms with E-state index in [4.69, 9.17) is 0 Å². The Kier molecular flexibility index (Phi) is 11.4. The van der Waals surface area contributed by atoms with Crippen molar-refractivity contribution in [3.8, 4) is 0 Å². The largest absolute Gasteiger partial charge is 0.338 e. The number of nitrogens with one attached hydrogen (secondary N) is 1. The van der Waals surface area contributed by atoms with Gasteiger partial charge in [0.25, 0.3) is 5.91 Å². The normalized spacial score (nSPS) is 15.4. The average molecular weight is 442 g/mol. The van der Waals surface area contributed by atoms with Crippen LogP contribution in [0.1, 0.15) is 61.8 Å². The van der Waals surface area contributed by atoms with Crippen LogP contribution in [0.5, 0.6) is 0 Å². The fraction of sp³-hybridized carbons (Fsp3) is 0.875. The lowest BCUT2D eigenvalue weighted by Gasteiger charge is -2.42. The van der Waals surface area contributed by atoms with Gasteiger partial charge in [0.15, 0.2) is 6.04 Å². The SMILES string of the molecule is CNC(C(=O)N(C)C(C(=O)[N+](C)(C)C(CC(C)C)C(=O)N(C)C(C)C)C(C)C)C(C)C. The number of carbonyl (C=O) groups is 3. The maximum Gasteiger partial charge on any atom is 0.336 e. The molecule has 0 fully saturated rings. The number of rotatable bonds is 11. The summed E-state index contributed by atoms with van der Waals surface area (Å²) in [6.45, 7) is 16.0. The monoisotopic (exact) mass is 441 g/mol. The van der Waals surface area contributed by atoms with E-state index in [-0.39, 0.29) is 52.0 Å². The lowest BCUT2D eigenvalue weighted by Crippen LogP contribution is -2.66. The Bertz CT molecular complexity index is 614. The van der Waals surface area contributed by atoms with E-state index in [1.165, 1.54) is 0 Å². The predicted molar refractivity (Wildman–Crippen MR) is 127 cm³/mol. The van der Waals surface area contributed by atoms with Gasteiger partial charge in [-0.25, -0.2) is 4.79 Å². The summed E-state index contributed by atoms with van der Waals surface area (Å²) < 4.78 is -0.0829. The third-order valence-corrected chi connectivity index (χ3v) is 6.34. The molecule has 0 saturated carbocycles. The Morgan fingerprint density at radius 2 is 1.29 bits per heavy atom. The van der Waals surface area contributed by atoms with Gasteiger partial charge >= 0.3 is 5.91 Å². The van der Waals surface area contributed by atoms with Crippen molar-refractivity contribution in [1.82, 2.24) is 15.1 Å². The number of nitrogens with zero attached hydrogens (tertiary/aromatic N) is 3. The first kappa shape index (κ1) is 29.5. The molecule has 3 atom stereocenters. The summed E-state index contributed by atoms with van der Waals surface area (Å²) in [6.07, 6.45) is 0.599. The van der Waals surface area contributed by atoms with Crippen molar-refractivity contribution < 1.29 is 18.9 Å². The third-order valence-electron chi connectivity index (χ3n) is 6.34.